The molecule has 226 valence electrons. The maximum absolute atomic E-state index is 14.2. The fraction of sp³-hybridized carbons (Fsp3) is 0.594. The van der Waals surface area contributed by atoms with Crippen molar-refractivity contribution in [2.75, 3.05) is 5.32 Å². The largest absolute Gasteiger partial charge is 0.504 e. The van der Waals surface area contributed by atoms with Crippen molar-refractivity contribution in [3.63, 3.8) is 0 Å². The van der Waals surface area contributed by atoms with Crippen molar-refractivity contribution in [3.05, 3.63) is 41.6 Å². The summed E-state index contributed by atoms with van der Waals surface area (Å²) in [6.07, 6.45) is 14.5. The number of aryl methyl sites for hydroxylation is 2. The second-order valence-electron chi connectivity index (χ2n) is 12.5. The number of rotatable bonds is 9. The number of nitrogens with zero attached hydrogens (tertiary/aromatic N) is 4. The molecule has 0 aliphatic heterocycles. The lowest BCUT2D eigenvalue weighted by Gasteiger charge is -2.42. The van der Waals surface area contributed by atoms with Gasteiger partial charge < -0.3 is 15.7 Å². The average molecular weight is 576 g/mol. The van der Waals surface area contributed by atoms with Crippen molar-refractivity contribution in [2.45, 2.75) is 104 Å². The molecule has 10 nitrogen and oxygen atoms in total. The monoisotopic (exact) mass is 575 g/mol. The molecule has 1 atom stereocenters. The molecule has 2 saturated carbocycles. The number of carbonyl (C=O) groups excluding carboxylic acids is 2. The maximum atomic E-state index is 14.2. The molecule has 2 aliphatic carbocycles. The van der Waals surface area contributed by atoms with Crippen LogP contribution in [0, 0.1) is 31.6 Å². The molecule has 0 saturated heterocycles. The van der Waals surface area contributed by atoms with E-state index in [9.17, 15) is 14.7 Å². The third-order valence-electron chi connectivity index (χ3n) is 9.26. The molecule has 4 N–H and O–H groups in total. The zero-order chi connectivity index (χ0) is 29.8. The van der Waals surface area contributed by atoms with Crippen molar-refractivity contribution in [3.8, 4) is 16.9 Å². The predicted molar refractivity (Wildman–Crippen MR) is 162 cm³/mol. The van der Waals surface area contributed by atoms with E-state index in [-0.39, 0.29) is 35.3 Å². The predicted octanol–water partition coefficient (Wildman–Crippen LogP) is 6.09. The fourth-order valence-electron chi connectivity index (χ4n) is 7.28. The zero-order valence-corrected chi connectivity index (χ0v) is 25.3. The summed E-state index contributed by atoms with van der Waals surface area (Å²) in [5.74, 6) is 0.00822. The van der Waals surface area contributed by atoms with Crippen molar-refractivity contribution in [1.82, 2.24) is 30.3 Å². The Bertz CT molecular complexity index is 1340. The first-order valence-electron chi connectivity index (χ1n) is 15.6. The van der Waals surface area contributed by atoms with Gasteiger partial charge in [-0.25, -0.2) is 4.98 Å². The van der Waals surface area contributed by atoms with E-state index in [4.69, 9.17) is 0 Å². The molecule has 0 bridgehead atoms. The van der Waals surface area contributed by atoms with Gasteiger partial charge in [0.1, 0.15) is 11.7 Å². The van der Waals surface area contributed by atoms with Gasteiger partial charge in [0.05, 0.1) is 5.69 Å². The van der Waals surface area contributed by atoms with E-state index in [2.05, 4.69) is 30.9 Å². The number of pyridine rings is 1. The average Bonchev–Trinajstić information content (AvgIpc) is 3.61. The van der Waals surface area contributed by atoms with E-state index in [1.165, 1.54) is 12.8 Å². The summed E-state index contributed by atoms with van der Waals surface area (Å²) >= 11 is 0. The Morgan fingerprint density at radius 3 is 2.21 bits per heavy atom. The summed E-state index contributed by atoms with van der Waals surface area (Å²) in [6, 6.07) is 2.54. The minimum Gasteiger partial charge on any atom is -0.504 e. The summed E-state index contributed by atoms with van der Waals surface area (Å²) in [4.78, 5) is 32.4. The Labute approximate surface area is 248 Å². The van der Waals surface area contributed by atoms with Crippen LogP contribution in [0.1, 0.15) is 106 Å². The van der Waals surface area contributed by atoms with E-state index in [1.54, 1.807) is 29.2 Å². The molecule has 0 spiro atoms. The summed E-state index contributed by atoms with van der Waals surface area (Å²) in [5, 5.41) is 28.6. The number of aromatic nitrogens is 5. The van der Waals surface area contributed by atoms with Crippen LogP contribution in [0.25, 0.3) is 11.1 Å². The van der Waals surface area contributed by atoms with Crippen molar-refractivity contribution in [1.29, 1.82) is 0 Å². The SMILES string of the molecule is Cc1n[nH]c(C)c1-c1cnc(NC(=O)[C@@H](NC(=O)c2ccnn2C(C)C)C(C2CCCCC2)C2CCCCC2)c(O)c1. The highest BCUT2D eigenvalue weighted by atomic mass is 16.3. The number of anilines is 1. The highest BCUT2D eigenvalue weighted by Gasteiger charge is 2.41. The summed E-state index contributed by atoms with van der Waals surface area (Å²) in [5.41, 5.74) is 3.69. The van der Waals surface area contributed by atoms with Crippen LogP contribution >= 0.6 is 0 Å². The van der Waals surface area contributed by atoms with Gasteiger partial charge in [-0.3, -0.25) is 19.4 Å². The topological polar surface area (TPSA) is 138 Å². The number of nitrogens with one attached hydrogen (secondary N) is 3. The smallest absolute Gasteiger partial charge is 0.270 e. The molecule has 2 amide bonds. The van der Waals surface area contributed by atoms with Gasteiger partial charge in [-0.05, 0) is 57.6 Å². The summed E-state index contributed by atoms with van der Waals surface area (Å²) in [6.45, 7) is 7.76. The number of hydrogen-bond acceptors (Lipinski definition) is 6. The van der Waals surface area contributed by atoms with Crippen LogP contribution in [0.5, 0.6) is 5.75 Å². The number of carbonyl (C=O) groups is 2. The number of aromatic amines is 1. The molecule has 10 heteroatoms. The van der Waals surface area contributed by atoms with Crippen molar-refractivity contribution < 1.29 is 14.7 Å². The van der Waals surface area contributed by atoms with Crippen LogP contribution < -0.4 is 10.6 Å². The molecule has 0 aromatic carbocycles. The molecule has 3 heterocycles. The van der Waals surface area contributed by atoms with Crippen LogP contribution in [0.4, 0.5) is 5.82 Å². The quantitative estimate of drug-likeness (QED) is 0.244. The molecular formula is C32H45N7O3. The molecule has 0 radical (unpaired) electrons. The Kier molecular flexibility index (Phi) is 9.28. The number of aromatic hydroxyl groups is 1. The Morgan fingerprint density at radius 2 is 1.67 bits per heavy atom. The molecule has 2 aliphatic rings. The van der Waals surface area contributed by atoms with Gasteiger partial charge in [0.25, 0.3) is 5.91 Å². The third-order valence-corrected chi connectivity index (χ3v) is 9.26. The van der Waals surface area contributed by atoms with Crippen molar-refractivity contribution in [2.24, 2.45) is 17.8 Å². The number of amides is 2. The number of hydrogen-bond donors (Lipinski definition) is 4. The van der Waals surface area contributed by atoms with Gasteiger partial charge >= 0.3 is 0 Å². The minimum absolute atomic E-state index is 0.00242. The lowest BCUT2D eigenvalue weighted by molar-refractivity contribution is -0.121. The molecule has 2 fully saturated rings. The molecule has 0 unspecified atom stereocenters. The zero-order valence-electron chi connectivity index (χ0n) is 25.3. The third kappa shape index (κ3) is 6.37. The fourth-order valence-corrected chi connectivity index (χ4v) is 7.28. The van der Waals surface area contributed by atoms with E-state index >= 15 is 0 Å². The molecule has 3 aromatic heterocycles. The van der Waals surface area contributed by atoms with Crippen LogP contribution in [0.2, 0.25) is 0 Å². The van der Waals surface area contributed by atoms with Gasteiger partial charge in [-0.2, -0.15) is 10.2 Å². The van der Waals surface area contributed by atoms with Crippen LogP contribution in [0.3, 0.4) is 0 Å². The van der Waals surface area contributed by atoms with Gasteiger partial charge in [0.2, 0.25) is 5.91 Å². The van der Waals surface area contributed by atoms with Gasteiger partial charge in [-0.1, -0.05) is 64.2 Å². The standard InChI is InChI=1S/C32H45N7O3/c1-19(2)39-25(15-16-34-39)31(41)35-29(28(22-11-7-5-8-12-22)23-13-9-6-10-14-23)32(42)36-30-26(40)17-24(18-33-30)27-20(3)37-38-21(27)4/h15-19,22-23,28-29,40H,5-14H2,1-4H3,(H,35,41)(H,37,38)(H,33,36,42)/t29-/m0/s1. The van der Waals surface area contributed by atoms with Crippen LogP contribution in [0.15, 0.2) is 24.5 Å². The maximum Gasteiger partial charge on any atom is 0.270 e. The molecule has 3 aromatic rings. The van der Waals surface area contributed by atoms with E-state index in [1.807, 2.05) is 27.7 Å². The summed E-state index contributed by atoms with van der Waals surface area (Å²) < 4.78 is 1.69. The first-order chi connectivity index (χ1) is 20.2. The van der Waals surface area contributed by atoms with E-state index < -0.39 is 6.04 Å². The number of H-pyrrole nitrogens is 1. The van der Waals surface area contributed by atoms with Gasteiger partial charge in [0, 0.05) is 35.3 Å². The van der Waals surface area contributed by atoms with Crippen molar-refractivity contribution >= 4 is 17.6 Å². The lowest BCUT2D eigenvalue weighted by atomic mass is 9.66. The lowest BCUT2D eigenvalue weighted by Crippen LogP contribution is -2.53. The minimum atomic E-state index is -0.765. The Balaban J connectivity index is 1.47. The first kappa shape index (κ1) is 29.8. The van der Waals surface area contributed by atoms with Crippen LogP contribution in [-0.4, -0.2) is 47.9 Å². The highest BCUT2D eigenvalue weighted by Crippen LogP contribution is 2.42. The Morgan fingerprint density at radius 1 is 1.02 bits per heavy atom. The normalized spacial score (nSPS) is 17.5. The van der Waals surface area contributed by atoms with Crippen LogP contribution in [-0.2, 0) is 4.79 Å². The molecular weight excluding hydrogens is 530 g/mol. The second-order valence-corrected chi connectivity index (χ2v) is 12.5. The van der Waals surface area contributed by atoms with Gasteiger partial charge in [0.15, 0.2) is 11.6 Å². The second kappa shape index (κ2) is 13.1. The van der Waals surface area contributed by atoms with E-state index in [0.29, 0.717) is 23.1 Å². The molecule has 5 rings (SSSR count). The first-order valence-corrected chi connectivity index (χ1v) is 15.6. The van der Waals surface area contributed by atoms with E-state index in [0.717, 1.165) is 68.3 Å². The summed E-state index contributed by atoms with van der Waals surface area (Å²) in [7, 11) is 0. The molecule has 42 heavy (non-hydrogen) atoms. The highest BCUT2D eigenvalue weighted by molar-refractivity contribution is 6.01. The Hall–Kier alpha value is -3.69. The van der Waals surface area contributed by atoms with Gasteiger partial charge in [-0.15, -0.1) is 0 Å².